The molecule has 0 saturated carbocycles. The Kier molecular flexibility index (Phi) is 5.36. The van der Waals surface area contributed by atoms with Crippen molar-refractivity contribution in [2.45, 2.75) is 19.3 Å². The van der Waals surface area contributed by atoms with Crippen LogP contribution in [0.1, 0.15) is 40.0 Å². The van der Waals surface area contributed by atoms with Gasteiger partial charge in [0.25, 0.3) is 0 Å². The number of carboxylic acid groups (broad SMARTS) is 1. The lowest BCUT2D eigenvalue weighted by molar-refractivity contribution is 0.0697. The van der Waals surface area contributed by atoms with Gasteiger partial charge in [-0.3, -0.25) is 0 Å². The van der Waals surface area contributed by atoms with Gasteiger partial charge < -0.3 is 14.6 Å². The summed E-state index contributed by atoms with van der Waals surface area (Å²) in [6.07, 6.45) is 4.38. The molecular weight excluding hydrogens is 380 g/mol. The molecule has 0 amide bonds. The highest BCUT2D eigenvalue weighted by Gasteiger charge is 2.24. The van der Waals surface area contributed by atoms with E-state index < -0.39 is 5.97 Å². The molecule has 6 heteroatoms. The van der Waals surface area contributed by atoms with Crippen LogP contribution in [0.2, 0.25) is 0 Å². The van der Waals surface area contributed by atoms with Crippen molar-refractivity contribution < 1.29 is 19.4 Å². The summed E-state index contributed by atoms with van der Waals surface area (Å²) < 4.78 is 10.8. The van der Waals surface area contributed by atoms with Crippen LogP contribution in [0.25, 0.3) is 22.6 Å². The van der Waals surface area contributed by atoms with E-state index >= 15 is 0 Å². The number of methoxy groups -OCH3 is 1. The Morgan fingerprint density at radius 2 is 2.07 bits per heavy atom. The van der Waals surface area contributed by atoms with E-state index in [0.29, 0.717) is 34.4 Å². The van der Waals surface area contributed by atoms with Crippen molar-refractivity contribution in [2.75, 3.05) is 13.7 Å². The Labute approximate surface area is 174 Å². The molecule has 1 aliphatic rings. The Morgan fingerprint density at radius 3 is 2.83 bits per heavy atom. The number of fused-ring (bicyclic) bond motifs is 2. The molecule has 1 aromatic heterocycles. The molecule has 0 unspecified atom stereocenters. The summed E-state index contributed by atoms with van der Waals surface area (Å²) in [5, 5.41) is 19.3. The maximum absolute atomic E-state index is 12.1. The van der Waals surface area contributed by atoms with Crippen molar-refractivity contribution in [1.82, 2.24) is 4.98 Å². The molecule has 1 N–H and O–H groups in total. The van der Waals surface area contributed by atoms with Crippen LogP contribution in [0.4, 0.5) is 0 Å². The number of nitriles is 1. The Hall–Kier alpha value is -3.85. The fourth-order valence-corrected chi connectivity index (χ4v) is 3.92. The van der Waals surface area contributed by atoms with Gasteiger partial charge >= 0.3 is 5.97 Å². The van der Waals surface area contributed by atoms with Gasteiger partial charge in [0.2, 0.25) is 0 Å². The van der Waals surface area contributed by atoms with Crippen LogP contribution in [0, 0.1) is 11.3 Å². The summed E-state index contributed by atoms with van der Waals surface area (Å²) >= 11 is 0. The van der Waals surface area contributed by atoms with Crippen molar-refractivity contribution in [2.24, 2.45) is 0 Å². The first kappa shape index (κ1) is 19.5. The van der Waals surface area contributed by atoms with Crippen LogP contribution >= 0.6 is 0 Å². The number of aromatic carboxylic acids is 1. The first-order valence-corrected chi connectivity index (χ1v) is 9.66. The second-order valence-corrected chi connectivity index (χ2v) is 7.02. The van der Waals surface area contributed by atoms with Crippen LogP contribution in [-0.4, -0.2) is 29.8 Å². The summed E-state index contributed by atoms with van der Waals surface area (Å²) in [5.74, 6) is 0.114. The highest BCUT2D eigenvalue weighted by atomic mass is 16.5. The number of nitrogens with zero attached hydrogens (tertiary/aromatic N) is 2. The molecule has 4 rings (SSSR count). The molecule has 3 aromatic rings. The third kappa shape index (κ3) is 3.58. The van der Waals surface area contributed by atoms with Crippen molar-refractivity contribution in [1.29, 1.82) is 5.26 Å². The average molecular weight is 400 g/mol. The number of carboxylic acids is 1. The lowest BCUT2D eigenvalue weighted by Gasteiger charge is -2.21. The molecule has 2 aromatic carbocycles. The smallest absolute Gasteiger partial charge is 0.336 e. The average Bonchev–Trinajstić information content (AvgIpc) is 2.76. The number of allylic oxidation sites excluding steroid dienone is 1. The highest BCUT2D eigenvalue weighted by Crippen LogP contribution is 2.37. The standard InChI is InChI=1S/C24H20N2O4/c1-29-21-14-15(9-10-20(21)30-12-11-25)13-16-5-4-7-18-22(24(27)28)17-6-2-3-8-19(17)26-23(16)18/h2-3,6,8-10,13-14H,4-5,7,12H2,1H3,(H,27,28). The van der Waals surface area contributed by atoms with Gasteiger partial charge in [0.1, 0.15) is 6.07 Å². The molecule has 0 atom stereocenters. The minimum Gasteiger partial charge on any atom is -0.493 e. The molecular formula is C24H20N2O4. The van der Waals surface area contributed by atoms with Crippen LogP contribution in [0.15, 0.2) is 42.5 Å². The van der Waals surface area contributed by atoms with Gasteiger partial charge in [-0.05, 0) is 60.2 Å². The van der Waals surface area contributed by atoms with Gasteiger partial charge in [0.15, 0.2) is 18.1 Å². The van der Waals surface area contributed by atoms with Crippen LogP contribution in [-0.2, 0) is 6.42 Å². The molecule has 0 fully saturated rings. The minimum absolute atomic E-state index is 0.0564. The minimum atomic E-state index is -0.924. The van der Waals surface area contributed by atoms with E-state index in [1.54, 1.807) is 13.2 Å². The molecule has 30 heavy (non-hydrogen) atoms. The molecule has 6 nitrogen and oxygen atoms in total. The third-order valence-electron chi connectivity index (χ3n) is 5.20. The lowest BCUT2D eigenvalue weighted by atomic mass is 9.86. The van der Waals surface area contributed by atoms with Crippen molar-refractivity contribution in [3.63, 3.8) is 0 Å². The van der Waals surface area contributed by atoms with Crippen LogP contribution < -0.4 is 9.47 Å². The predicted octanol–water partition coefficient (Wildman–Crippen LogP) is 4.72. The maximum atomic E-state index is 12.1. The molecule has 0 spiro atoms. The first-order valence-electron chi connectivity index (χ1n) is 9.66. The monoisotopic (exact) mass is 400 g/mol. The highest BCUT2D eigenvalue weighted by molar-refractivity contribution is 6.05. The molecule has 150 valence electrons. The zero-order valence-electron chi connectivity index (χ0n) is 16.5. The summed E-state index contributed by atoms with van der Waals surface area (Å²) in [6, 6.07) is 14.8. The SMILES string of the molecule is COc1cc(C=C2CCCc3c2nc2ccccc2c3C(=O)O)ccc1OCC#N. The van der Waals surface area contributed by atoms with Crippen molar-refractivity contribution >= 4 is 28.5 Å². The van der Waals surface area contributed by atoms with E-state index in [2.05, 4.69) is 0 Å². The number of ether oxygens (including phenoxy) is 2. The normalized spacial score (nSPS) is 14.2. The van der Waals surface area contributed by atoms with E-state index in [1.165, 1.54) is 0 Å². The number of carbonyl (C=O) groups is 1. The van der Waals surface area contributed by atoms with E-state index in [4.69, 9.17) is 19.7 Å². The molecule has 0 saturated heterocycles. The fraction of sp³-hybridized carbons (Fsp3) is 0.208. The number of hydrogen-bond acceptors (Lipinski definition) is 5. The summed E-state index contributed by atoms with van der Waals surface area (Å²) in [6.45, 7) is -0.0564. The van der Waals surface area contributed by atoms with Crippen LogP contribution in [0.3, 0.4) is 0 Å². The lowest BCUT2D eigenvalue weighted by Crippen LogP contribution is -2.13. The summed E-state index contributed by atoms with van der Waals surface area (Å²) in [7, 11) is 1.55. The van der Waals surface area contributed by atoms with Crippen molar-refractivity contribution in [3.8, 4) is 17.6 Å². The number of rotatable bonds is 5. The van der Waals surface area contributed by atoms with Gasteiger partial charge in [-0.25, -0.2) is 9.78 Å². The van der Waals surface area contributed by atoms with E-state index in [1.807, 2.05) is 48.5 Å². The number of pyridine rings is 1. The first-order chi connectivity index (χ1) is 14.6. The number of hydrogen-bond donors (Lipinski definition) is 1. The fourth-order valence-electron chi connectivity index (χ4n) is 3.92. The number of benzene rings is 2. The van der Waals surface area contributed by atoms with E-state index in [9.17, 15) is 9.90 Å². The zero-order chi connectivity index (χ0) is 21.1. The number of para-hydroxylation sites is 1. The van der Waals surface area contributed by atoms with Gasteiger partial charge in [-0.2, -0.15) is 5.26 Å². The van der Waals surface area contributed by atoms with Gasteiger partial charge in [-0.1, -0.05) is 24.3 Å². The quantitative estimate of drug-likeness (QED) is 0.666. The van der Waals surface area contributed by atoms with Gasteiger partial charge in [0.05, 0.1) is 23.9 Å². The second-order valence-electron chi connectivity index (χ2n) is 7.02. The zero-order valence-corrected chi connectivity index (χ0v) is 16.5. The number of aromatic nitrogens is 1. The molecule has 1 heterocycles. The Bertz CT molecular complexity index is 1210. The summed E-state index contributed by atoms with van der Waals surface area (Å²) in [4.78, 5) is 16.9. The maximum Gasteiger partial charge on any atom is 0.336 e. The van der Waals surface area contributed by atoms with E-state index in [-0.39, 0.29) is 6.61 Å². The predicted molar refractivity (Wildman–Crippen MR) is 114 cm³/mol. The summed E-state index contributed by atoms with van der Waals surface area (Å²) in [5.41, 5.74) is 4.46. The Morgan fingerprint density at radius 1 is 1.23 bits per heavy atom. The topological polar surface area (TPSA) is 92.4 Å². The van der Waals surface area contributed by atoms with Crippen LogP contribution in [0.5, 0.6) is 11.5 Å². The molecule has 0 radical (unpaired) electrons. The van der Waals surface area contributed by atoms with E-state index in [0.717, 1.165) is 35.2 Å². The van der Waals surface area contributed by atoms with Gasteiger partial charge in [0, 0.05) is 5.39 Å². The largest absolute Gasteiger partial charge is 0.493 e. The second kappa shape index (κ2) is 8.26. The third-order valence-corrected chi connectivity index (χ3v) is 5.20. The van der Waals surface area contributed by atoms with Crippen molar-refractivity contribution in [3.05, 3.63) is 64.8 Å². The van der Waals surface area contributed by atoms with Gasteiger partial charge in [-0.15, -0.1) is 0 Å². The Balaban J connectivity index is 1.83. The molecule has 1 aliphatic carbocycles. The molecule has 0 aliphatic heterocycles. The molecule has 0 bridgehead atoms.